The zero-order valence-corrected chi connectivity index (χ0v) is 18.7. The van der Waals surface area contributed by atoms with Gasteiger partial charge in [-0.3, -0.25) is 9.36 Å². The van der Waals surface area contributed by atoms with Gasteiger partial charge >= 0.3 is 0 Å². The number of furan rings is 1. The molecule has 4 aromatic rings. The fourth-order valence-corrected chi connectivity index (χ4v) is 4.00. The maximum absolute atomic E-state index is 13.1. The first kappa shape index (κ1) is 21.6. The Morgan fingerprint density at radius 1 is 1.26 bits per heavy atom. The van der Waals surface area contributed by atoms with E-state index in [1.54, 1.807) is 41.2 Å². The molecule has 0 radical (unpaired) electrons. The van der Waals surface area contributed by atoms with E-state index in [9.17, 15) is 4.79 Å². The van der Waals surface area contributed by atoms with Gasteiger partial charge in [-0.2, -0.15) is 4.98 Å². The topological polar surface area (TPSA) is 96.2 Å². The van der Waals surface area contributed by atoms with Gasteiger partial charge < -0.3 is 13.7 Å². The summed E-state index contributed by atoms with van der Waals surface area (Å²) in [6.45, 7) is 5.01. The highest BCUT2D eigenvalue weighted by atomic mass is 35.5. The lowest BCUT2D eigenvalue weighted by Gasteiger charge is -2.13. The Bertz CT molecular complexity index is 1220. The molecule has 3 aromatic heterocycles. The largest absolute Gasteiger partial charge is 0.461 e. The van der Waals surface area contributed by atoms with Crippen LogP contribution >= 0.6 is 23.4 Å². The third-order valence-electron chi connectivity index (χ3n) is 4.39. The molecule has 0 atom stereocenters. The third-order valence-corrected chi connectivity index (χ3v) is 5.59. The van der Waals surface area contributed by atoms with Crippen LogP contribution in [0.1, 0.15) is 26.2 Å². The molecular weight excluding hydrogens is 440 g/mol. The van der Waals surface area contributed by atoms with Gasteiger partial charge in [-0.05, 0) is 50.6 Å². The molecule has 0 aliphatic heterocycles. The number of nitrogens with zero attached hydrogens (tertiary/aromatic N) is 4. The molecule has 3 heterocycles. The SMILES string of the molecule is CC(C)OCCCn1c(SCc2nc(-c3ccco3)no2)nc2cc(Cl)ccc2c1=O. The van der Waals surface area contributed by atoms with Crippen LogP contribution in [-0.2, 0) is 17.0 Å². The maximum Gasteiger partial charge on any atom is 0.262 e. The van der Waals surface area contributed by atoms with Crippen molar-refractivity contribution < 1.29 is 13.7 Å². The Morgan fingerprint density at radius 2 is 2.13 bits per heavy atom. The number of benzene rings is 1. The van der Waals surface area contributed by atoms with Crippen molar-refractivity contribution in [3.05, 3.63) is 57.9 Å². The lowest BCUT2D eigenvalue weighted by atomic mass is 10.2. The minimum Gasteiger partial charge on any atom is -0.461 e. The average molecular weight is 461 g/mol. The van der Waals surface area contributed by atoms with Gasteiger partial charge in [0.25, 0.3) is 5.56 Å². The highest BCUT2D eigenvalue weighted by molar-refractivity contribution is 7.98. The first-order valence-electron chi connectivity index (χ1n) is 9.82. The molecule has 31 heavy (non-hydrogen) atoms. The van der Waals surface area contributed by atoms with Gasteiger partial charge in [-0.1, -0.05) is 28.5 Å². The van der Waals surface area contributed by atoms with Crippen molar-refractivity contribution in [1.29, 1.82) is 0 Å². The number of rotatable bonds is 9. The Morgan fingerprint density at radius 3 is 2.90 bits per heavy atom. The minimum absolute atomic E-state index is 0.115. The van der Waals surface area contributed by atoms with Crippen LogP contribution in [0.5, 0.6) is 0 Å². The van der Waals surface area contributed by atoms with E-state index in [1.165, 1.54) is 11.8 Å². The molecule has 0 bridgehead atoms. The quantitative estimate of drug-likeness (QED) is 0.199. The summed E-state index contributed by atoms with van der Waals surface area (Å²) in [6.07, 6.45) is 2.38. The van der Waals surface area contributed by atoms with Crippen LogP contribution in [0.3, 0.4) is 0 Å². The Hall–Kier alpha value is -2.62. The van der Waals surface area contributed by atoms with E-state index in [0.717, 1.165) is 0 Å². The minimum atomic E-state index is -0.115. The van der Waals surface area contributed by atoms with Crippen molar-refractivity contribution in [3.8, 4) is 11.6 Å². The van der Waals surface area contributed by atoms with Crippen LogP contribution in [0.2, 0.25) is 5.02 Å². The van der Waals surface area contributed by atoms with Crippen LogP contribution in [0.25, 0.3) is 22.5 Å². The normalized spacial score (nSPS) is 11.6. The van der Waals surface area contributed by atoms with E-state index in [0.29, 0.717) is 63.9 Å². The van der Waals surface area contributed by atoms with Crippen LogP contribution < -0.4 is 5.56 Å². The second-order valence-corrected chi connectivity index (χ2v) is 8.44. The molecule has 0 amide bonds. The zero-order valence-electron chi connectivity index (χ0n) is 17.1. The van der Waals surface area contributed by atoms with Gasteiger partial charge in [0.1, 0.15) is 0 Å². The number of halogens is 1. The number of hydrogen-bond donors (Lipinski definition) is 0. The highest BCUT2D eigenvalue weighted by Crippen LogP contribution is 2.24. The highest BCUT2D eigenvalue weighted by Gasteiger charge is 2.15. The molecule has 0 fully saturated rings. The first-order valence-corrected chi connectivity index (χ1v) is 11.2. The van der Waals surface area contributed by atoms with Crippen LogP contribution in [0.15, 0.2) is 55.5 Å². The molecule has 0 saturated heterocycles. The van der Waals surface area contributed by atoms with Gasteiger partial charge in [0.05, 0.1) is 29.0 Å². The van der Waals surface area contributed by atoms with E-state index in [2.05, 4.69) is 15.1 Å². The summed E-state index contributed by atoms with van der Waals surface area (Å²) < 4.78 is 17.9. The molecule has 8 nitrogen and oxygen atoms in total. The summed E-state index contributed by atoms with van der Waals surface area (Å²) in [7, 11) is 0. The summed E-state index contributed by atoms with van der Waals surface area (Å²) in [6, 6.07) is 8.60. The second kappa shape index (κ2) is 9.67. The van der Waals surface area contributed by atoms with Crippen molar-refractivity contribution in [1.82, 2.24) is 19.7 Å². The summed E-state index contributed by atoms with van der Waals surface area (Å²) >= 11 is 7.46. The molecule has 0 N–H and O–H groups in total. The molecule has 162 valence electrons. The molecule has 0 aliphatic rings. The Kier molecular flexibility index (Phi) is 6.74. The van der Waals surface area contributed by atoms with E-state index in [4.69, 9.17) is 25.3 Å². The molecule has 0 saturated carbocycles. The number of fused-ring (bicyclic) bond motifs is 1. The third kappa shape index (κ3) is 5.17. The van der Waals surface area contributed by atoms with Crippen LogP contribution in [0.4, 0.5) is 0 Å². The lowest BCUT2D eigenvalue weighted by Crippen LogP contribution is -2.24. The van der Waals surface area contributed by atoms with E-state index in [-0.39, 0.29) is 11.7 Å². The fourth-order valence-electron chi connectivity index (χ4n) is 2.97. The van der Waals surface area contributed by atoms with Gasteiger partial charge in [-0.15, -0.1) is 0 Å². The smallest absolute Gasteiger partial charge is 0.262 e. The second-order valence-electron chi connectivity index (χ2n) is 7.06. The van der Waals surface area contributed by atoms with Crippen molar-refractivity contribution in [2.24, 2.45) is 0 Å². The summed E-state index contributed by atoms with van der Waals surface area (Å²) in [4.78, 5) is 22.1. The molecule has 1 aromatic carbocycles. The Labute approximate surface area is 187 Å². The standard InChI is InChI=1S/C21H21ClN4O4S/c1-13(2)28-10-4-8-26-20(27)15-7-6-14(22)11-16(15)23-21(26)31-12-18-24-19(25-30-18)17-5-3-9-29-17/h3,5-7,9,11,13H,4,8,10,12H2,1-2H3. The summed E-state index contributed by atoms with van der Waals surface area (Å²) in [5.74, 6) is 1.67. The van der Waals surface area contributed by atoms with E-state index >= 15 is 0 Å². The molecule has 10 heteroatoms. The van der Waals surface area contributed by atoms with Crippen LogP contribution in [0, 0.1) is 0 Å². The number of aromatic nitrogens is 4. The van der Waals surface area contributed by atoms with Crippen molar-refractivity contribution in [2.45, 2.75) is 43.8 Å². The van der Waals surface area contributed by atoms with Gasteiger partial charge in [-0.25, -0.2) is 4.98 Å². The van der Waals surface area contributed by atoms with E-state index in [1.807, 2.05) is 13.8 Å². The predicted octanol–water partition coefficient (Wildman–Crippen LogP) is 4.80. The predicted molar refractivity (Wildman–Crippen MR) is 118 cm³/mol. The number of thioether (sulfide) groups is 1. The van der Waals surface area contributed by atoms with Crippen LogP contribution in [-0.4, -0.2) is 32.4 Å². The fraction of sp³-hybridized carbons (Fsp3) is 0.333. The number of ether oxygens (including phenoxy) is 1. The number of hydrogen-bond acceptors (Lipinski definition) is 8. The van der Waals surface area contributed by atoms with Crippen molar-refractivity contribution in [2.75, 3.05) is 6.61 Å². The molecule has 0 aliphatic carbocycles. The molecule has 0 spiro atoms. The Balaban J connectivity index is 1.58. The van der Waals surface area contributed by atoms with Gasteiger partial charge in [0, 0.05) is 18.2 Å². The van der Waals surface area contributed by atoms with Gasteiger partial charge in [0.15, 0.2) is 10.9 Å². The first-order chi connectivity index (χ1) is 15.0. The van der Waals surface area contributed by atoms with Crippen molar-refractivity contribution in [3.63, 3.8) is 0 Å². The zero-order chi connectivity index (χ0) is 21.8. The van der Waals surface area contributed by atoms with E-state index < -0.39 is 0 Å². The van der Waals surface area contributed by atoms with Crippen molar-refractivity contribution >= 4 is 34.3 Å². The molecule has 4 rings (SSSR count). The monoisotopic (exact) mass is 460 g/mol. The molecular formula is C21H21ClN4O4S. The van der Waals surface area contributed by atoms with Gasteiger partial charge in [0.2, 0.25) is 11.7 Å². The average Bonchev–Trinajstić information content (AvgIpc) is 3.42. The molecule has 0 unspecified atom stereocenters. The summed E-state index contributed by atoms with van der Waals surface area (Å²) in [5, 5.41) is 5.54. The maximum atomic E-state index is 13.1. The summed E-state index contributed by atoms with van der Waals surface area (Å²) in [5.41, 5.74) is 0.437. The lowest BCUT2D eigenvalue weighted by molar-refractivity contribution is 0.0743.